The van der Waals surface area contributed by atoms with Crippen LogP contribution in [0.15, 0.2) is 81.0 Å². The predicted octanol–water partition coefficient (Wildman–Crippen LogP) is 6.11. The van der Waals surface area contributed by atoms with Crippen LogP contribution in [0.1, 0.15) is 13.8 Å². The zero-order valence-electron chi connectivity index (χ0n) is 23.7. The maximum absolute atomic E-state index is 15.2. The second-order valence-electron chi connectivity index (χ2n) is 9.28. The number of rotatable bonds is 11. The van der Waals surface area contributed by atoms with Crippen LogP contribution in [0.3, 0.4) is 0 Å². The number of aliphatic hydroxyl groups excluding tert-OH is 1. The molecular formula is C28H27Cl2FN6O6S2. The molecule has 3 aromatic carbocycles. The first kappa shape index (κ1) is 33.9. The molecule has 4 N–H and O–H groups in total. The fraction of sp³-hybridized carbons (Fsp3) is 0.179. The van der Waals surface area contributed by atoms with Crippen molar-refractivity contribution < 1.29 is 31.7 Å². The molecule has 0 spiro atoms. The Hall–Kier alpha value is -4.02. The Morgan fingerprint density at radius 2 is 1.89 bits per heavy atom. The third-order valence-corrected chi connectivity index (χ3v) is 9.38. The third-order valence-electron chi connectivity index (χ3n) is 5.96. The number of aromatic nitrogens is 2. The Morgan fingerprint density at radius 1 is 1.16 bits per heavy atom. The van der Waals surface area contributed by atoms with Crippen molar-refractivity contribution in [3.63, 3.8) is 0 Å². The Bertz CT molecular complexity index is 1910. The van der Waals surface area contributed by atoms with E-state index in [0.29, 0.717) is 21.7 Å². The summed E-state index contributed by atoms with van der Waals surface area (Å²) in [5.74, 6) is -0.492. The molecule has 1 amide bonds. The number of nitrogens with one attached hydrogen (secondary N) is 3. The SMILES string of the molecule is CCOC(=O)N=[SH](=O)c1ccc(Nc2ncc(-c3ccc(NS(=O)(=O)c4cccc(Cl)c4Cl)c(F)c3)c(NC(C)CO)n2)cc1. The van der Waals surface area contributed by atoms with Crippen molar-refractivity contribution in [3.8, 4) is 11.1 Å². The van der Waals surface area contributed by atoms with Crippen LogP contribution in [0.25, 0.3) is 11.1 Å². The molecule has 1 heterocycles. The van der Waals surface area contributed by atoms with Crippen LogP contribution in [0.5, 0.6) is 0 Å². The van der Waals surface area contributed by atoms with Gasteiger partial charge in [0.25, 0.3) is 10.0 Å². The van der Waals surface area contributed by atoms with Crippen LogP contribution in [-0.2, 0) is 25.4 Å². The van der Waals surface area contributed by atoms with Gasteiger partial charge in [-0.15, -0.1) is 4.36 Å². The van der Waals surface area contributed by atoms with Crippen molar-refractivity contribution in [1.29, 1.82) is 0 Å². The Labute approximate surface area is 270 Å². The molecule has 45 heavy (non-hydrogen) atoms. The standard InChI is InChI=1S/C28H27Cl2FN6O6S2/c1-3-43-28(39)36-44(40)19-10-8-18(9-11-19)34-27-32-14-20(26(35-27)33-16(2)15-38)17-7-12-23(22(31)13-17)37-45(41,42)24-6-4-5-21(29)25(24)30/h4-14,16,37-38,44H,3,15H2,1-2H3,(H2,32,33,34,35). The number of aliphatic hydroxyl groups is 1. The van der Waals surface area contributed by atoms with Crippen LogP contribution in [0, 0.1) is 5.82 Å². The molecule has 0 aliphatic carbocycles. The molecule has 0 saturated carbocycles. The number of amides is 1. The maximum Gasteiger partial charge on any atom is 0.441 e. The lowest BCUT2D eigenvalue weighted by Gasteiger charge is -2.17. The van der Waals surface area contributed by atoms with Crippen molar-refractivity contribution in [1.82, 2.24) is 9.97 Å². The van der Waals surface area contributed by atoms with Crippen LogP contribution in [0.4, 0.5) is 32.3 Å². The van der Waals surface area contributed by atoms with Gasteiger partial charge in [-0.25, -0.2) is 26.8 Å². The van der Waals surface area contributed by atoms with Gasteiger partial charge in [-0.1, -0.05) is 35.3 Å². The van der Waals surface area contributed by atoms with Crippen LogP contribution in [0.2, 0.25) is 10.0 Å². The number of benzene rings is 3. The molecule has 0 fully saturated rings. The lowest BCUT2D eigenvalue weighted by Crippen LogP contribution is -2.21. The van der Waals surface area contributed by atoms with E-state index in [9.17, 15) is 22.5 Å². The summed E-state index contributed by atoms with van der Waals surface area (Å²) in [4.78, 5) is 20.3. The molecule has 4 aromatic rings. The van der Waals surface area contributed by atoms with Gasteiger partial charge >= 0.3 is 6.09 Å². The minimum Gasteiger partial charge on any atom is -0.448 e. The van der Waals surface area contributed by atoms with Crippen molar-refractivity contribution in [2.45, 2.75) is 29.7 Å². The number of carbonyl (C=O) groups is 1. The average molecular weight is 698 g/mol. The quantitative estimate of drug-likeness (QED) is 0.115. The summed E-state index contributed by atoms with van der Waals surface area (Å²) >= 11 is 12.0. The molecule has 0 aliphatic rings. The number of anilines is 4. The molecule has 17 heteroatoms. The molecule has 0 radical (unpaired) electrons. The zero-order chi connectivity index (χ0) is 32.7. The predicted molar refractivity (Wildman–Crippen MR) is 172 cm³/mol. The van der Waals surface area contributed by atoms with Gasteiger partial charge < -0.3 is 20.5 Å². The van der Waals surface area contributed by atoms with Crippen LogP contribution in [-0.4, -0.2) is 53.1 Å². The fourth-order valence-corrected chi connectivity index (χ4v) is 6.34. The van der Waals surface area contributed by atoms with Gasteiger partial charge in [0, 0.05) is 28.4 Å². The Morgan fingerprint density at radius 3 is 2.56 bits per heavy atom. The van der Waals surface area contributed by atoms with E-state index in [4.69, 9.17) is 23.2 Å². The fourth-order valence-electron chi connectivity index (χ4n) is 3.78. The van der Waals surface area contributed by atoms with E-state index < -0.39 is 38.6 Å². The molecule has 238 valence electrons. The van der Waals surface area contributed by atoms with E-state index in [-0.39, 0.29) is 45.6 Å². The molecule has 0 bridgehead atoms. The molecule has 1 aromatic heterocycles. The van der Waals surface area contributed by atoms with Gasteiger partial charge in [0.15, 0.2) is 0 Å². The average Bonchev–Trinajstić information content (AvgIpc) is 3.00. The van der Waals surface area contributed by atoms with E-state index in [1.165, 1.54) is 48.7 Å². The Balaban J connectivity index is 1.59. The molecular weight excluding hydrogens is 670 g/mol. The van der Waals surface area contributed by atoms with E-state index in [2.05, 4.69) is 34.4 Å². The monoisotopic (exact) mass is 696 g/mol. The van der Waals surface area contributed by atoms with Crippen molar-refractivity contribution in [2.24, 2.45) is 4.36 Å². The summed E-state index contributed by atoms with van der Waals surface area (Å²) in [5, 5.41) is 15.5. The Kier molecular flexibility index (Phi) is 11.2. The molecule has 0 saturated heterocycles. The van der Waals surface area contributed by atoms with E-state index in [1.54, 1.807) is 26.0 Å². The number of nitrogens with zero attached hydrogens (tertiary/aromatic N) is 3. The molecule has 2 atom stereocenters. The summed E-state index contributed by atoms with van der Waals surface area (Å²) in [7, 11) is -6.61. The highest BCUT2D eigenvalue weighted by Crippen LogP contribution is 2.33. The highest BCUT2D eigenvalue weighted by molar-refractivity contribution is 7.92. The van der Waals surface area contributed by atoms with E-state index >= 15 is 4.39 Å². The topological polar surface area (TPSA) is 172 Å². The lowest BCUT2D eigenvalue weighted by atomic mass is 10.1. The largest absolute Gasteiger partial charge is 0.448 e. The highest BCUT2D eigenvalue weighted by Gasteiger charge is 2.22. The van der Waals surface area contributed by atoms with Crippen molar-refractivity contribution in [2.75, 3.05) is 28.6 Å². The summed E-state index contributed by atoms with van der Waals surface area (Å²) in [5.41, 5.74) is 0.871. The summed E-state index contributed by atoms with van der Waals surface area (Å²) in [6.45, 7) is 3.20. The first-order valence-corrected chi connectivity index (χ1v) is 16.6. The minimum atomic E-state index is -4.27. The summed E-state index contributed by atoms with van der Waals surface area (Å²) in [6, 6.07) is 13.7. The van der Waals surface area contributed by atoms with Gasteiger partial charge in [0.2, 0.25) is 5.95 Å². The van der Waals surface area contributed by atoms with Crippen molar-refractivity contribution in [3.05, 3.63) is 82.7 Å². The molecule has 12 nitrogen and oxygen atoms in total. The van der Waals surface area contributed by atoms with Gasteiger partial charge in [-0.3, -0.25) is 4.72 Å². The molecule has 0 aliphatic heterocycles. The molecule has 4 rings (SSSR count). The summed E-state index contributed by atoms with van der Waals surface area (Å²) in [6.07, 6.45) is 0.514. The lowest BCUT2D eigenvalue weighted by molar-refractivity contribution is 0.164. The molecule has 2 unspecified atom stereocenters. The van der Waals surface area contributed by atoms with Gasteiger partial charge in [-0.05, 0) is 67.9 Å². The number of ether oxygens (including phenoxy) is 1. The number of sulfonamides is 1. The first-order chi connectivity index (χ1) is 21.4. The van der Waals surface area contributed by atoms with E-state index in [1.807, 2.05) is 0 Å². The maximum atomic E-state index is 15.2. The number of hydrogen-bond acceptors (Lipinski definition) is 10. The van der Waals surface area contributed by atoms with Crippen LogP contribution >= 0.6 is 23.2 Å². The van der Waals surface area contributed by atoms with Gasteiger partial charge in [0.05, 0.1) is 39.5 Å². The normalized spacial score (nSPS) is 12.8. The number of hydrogen-bond donors (Lipinski definition) is 5. The van der Waals surface area contributed by atoms with Crippen molar-refractivity contribution >= 4 is 73.1 Å². The highest BCUT2D eigenvalue weighted by atomic mass is 35.5. The number of halogens is 3. The minimum absolute atomic E-state index is 0.0290. The second-order valence-corrected chi connectivity index (χ2v) is 13.0. The summed E-state index contributed by atoms with van der Waals surface area (Å²) < 4.78 is 63.6. The van der Waals surface area contributed by atoms with Gasteiger partial charge in [0.1, 0.15) is 16.5 Å². The third kappa shape index (κ3) is 8.58. The first-order valence-electron chi connectivity index (χ1n) is 13.2. The number of carbonyl (C=O) groups excluding carboxylic acids is 1. The van der Waals surface area contributed by atoms with Crippen LogP contribution < -0.4 is 15.4 Å². The number of thiol groups is 1. The zero-order valence-corrected chi connectivity index (χ0v) is 26.9. The van der Waals surface area contributed by atoms with E-state index in [0.717, 1.165) is 6.07 Å². The van der Waals surface area contributed by atoms with Gasteiger partial charge in [-0.2, -0.15) is 4.98 Å². The smallest absolute Gasteiger partial charge is 0.441 e. The second kappa shape index (κ2) is 14.8.